The van der Waals surface area contributed by atoms with Crippen molar-refractivity contribution in [1.29, 1.82) is 0 Å². The fourth-order valence-corrected chi connectivity index (χ4v) is 5.12. The molecule has 1 saturated heterocycles. The zero-order valence-electron chi connectivity index (χ0n) is 21.4. The first-order valence-electron chi connectivity index (χ1n) is 12.5. The van der Waals surface area contributed by atoms with E-state index < -0.39 is 22.2 Å². The van der Waals surface area contributed by atoms with E-state index in [1.807, 2.05) is 12.1 Å². The fraction of sp³-hybridized carbons (Fsp3) is 0.423. The molecule has 0 bridgehead atoms. The van der Waals surface area contributed by atoms with Gasteiger partial charge in [0.05, 0.1) is 12.3 Å². The number of anilines is 1. The quantitative estimate of drug-likeness (QED) is 0.275. The Hall–Kier alpha value is -3.64. The highest BCUT2D eigenvalue weighted by atomic mass is 32.2. The van der Waals surface area contributed by atoms with Crippen molar-refractivity contribution in [3.63, 3.8) is 0 Å². The van der Waals surface area contributed by atoms with Gasteiger partial charge in [-0.15, -0.1) is 0 Å². The van der Waals surface area contributed by atoms with E-state index in [9.17, 15) is 22.8 Å². The van der Waals surface area contributed by atoms with Crippen LogP contribution in [0.4, 0.5) is 5.69 Å². The van der Waals surface area contributed by atoms with Gasteiger partial charge in [-0.2, -0.15) is 13.1 Å². The predicted octanol–water partition coefficient (Wildman–Crippen LogP) is 2.20. The third kappa shape index (κ3) is 6.81. The maximum Gasteiger partial charge on any atom is 0.299 e. The third-order valence-electron chi connectivity index (χ3n) is 6.23. The minimum atomic E-state index is -3.91. The van der Waals surface area contributed by atoms with Crippen LogP contribution in [0.2, 0.25) is 0 Å². The molecule has 1 fully saturated rings. The van der Waals surface area contributed by atoms with Gasteiger partial charge in [0.1, 0.15) is 12.6 Å². The average Bonchev–Trinajstić information content (AvgIpc) is 3.17. The summed E-state index contributed by atoms with van der Waals surface area (Å²) in [5, 5.41) is 2.26. The van der Waals surface area contributed by atoms with Crippen molar-refractivity contribution < 1.29 is 32.3 Å². The van der Waals surface area contributed by atoms with E-state index in [2.05, 4.69) is 28.6 Å². The molecular formula is C26H32N4O7S. The number of amides is 3. The first-order chi connectivity index (χ1) is 18.1. The second-order valence-corrected chi connectivity index (χ2v) is 11.1. The van der Waals surface area contributed by atoms with Crippen molar-refractivity contribution in [2.24, 2.45) is 5.92 Å². The Bertz CT molecular complexity index is 1310. The largest absolute Gasteiger partial charge is 0.490 e. The van der Waals surface area contributed by atoms with Gasteiger partial charge >= 0.3 is 0 Å². The molecule has 2 aliphatic rings. The van der Waals surface area contributed by atoms with Crippen molar-refractivity contribution in [1.82, 2.24) is 14.9 Å². The van der Waals surface area contributed by atoms with E-state index in [0.29, 0.717) is 35.2 Å². The van der Waals surface area contributed by atoms with Crippen molar-refractivity contribution in [2.75, 3.05) is 24.5 Å². The van der Waals surface area contributed by atoms with Crippen LogP contribution in [0.3, 0.4) is 0 Å². The van der Waals surface area contributed by atoms with E-state index in [1.165, 1.54) is 17.0 Å². The van der Waals surface area contributed by atoms with Crippen molar-refractivity contribution in [3.05, 3.63) is 53.6 Å². The highest BCUT2D eigenvalue weighted by Crippen LogP contribution is 2.30. The standard InChI is InChI=1S/C26H32N4O7S/c1-17(2)11-13-36-22-5-3-4-6-23(22)37-14-12-27-38(34,35)29-19-7-8-20-18(15-19)16-30(26(20)33)21-9-10-24(31)28-25(21)32/h3-8,15,17,21,27,29H,9-14,16H2,1-2H3,(H,28,31,32). The molecule has 38 heavy (non-hydrogen) atoms. The monoisotopic (exact) mass is 544 g/mol. The highest BCUT2D eigenvalue weighted by Gasteiger charge is 2.39. The van der Waals surface area contributed by atoms with Crippen LogP contribution in [-0.2, 0) is 26.3 Å². The summed E-state index contributed by atoms with van der Waals surface area (Å²) in [6.07, 6.45) is 1.32. The number of carbonyl (C=O) groups is 3. The van der Waals surface area contributed by atoms with Gasteiger partial charge < -0.3 is 14.4 Å². The molecule has 0 aliphatic carbocycles. The number of para-hydroxylation sites is 2. The van der Waals surface area contributed by atoms with Gasteiger partial charge in [-0.05, 0) is 54.7 Å². The predicted molar refractivity (Wildman–Crippen MR) is 140 cm³/mol. The van der Waals surface area contributed by atoms with Crippen LogP contribution in [0, 0.1) is 5.92 Å². The molecule has 204 valence electrons. The molecule has 0 radical (unpaired) electrons. The molecule has 1 atom stereocenters. The molecule has 12 heteroatoms. The molecule has 2 aromatic carbocycles. The number of carbonyl (C=O) groups excluding carboxylic acids is 3. The lowest BCUT2D eigenvalue weighted by Gasteiger charge is -2.29. The Morgan fingerprint density at radius 1 is 1.05 bits per heavy atom. The number of fused-ring (bicyclic) bond motifs is 1. The van der Waals surface area contributed by atoms with Gasteiger partial charge in [0.2, 0.25) is 11.8 Å². The van der Waals surface area contributed by atoms with Crippen LogP contribution in [0.5, 0.6) is 11.5 Å². The van der Waals surface area contributed by atoms with Gasteiger partial charge in [-0.3, -0.25) is 24.4 Å². The van der Waals surface area contributed by atoms with Crippen molar-refractivity contribution >= 4 is 33.6 Å². The minimum Gasteiger partial charge on any atom is -0.490 e. The minimum absolute atomic E-state index is 0.0162. The molecule has 2 heterocycles. The molecule has 0 saturated carbocycles. The topological polar surface area (TPSA) is 143 Å². The maximum atomic E-state index is 12.8. The molecule has 0 spiro atoms. The maximum absolute atomic E-state index is 12.8. The van der Waals surface area contributed by atoms with Gasteiger partial charge in [0.15, 0.2) is 11.5 Å². The van der Waals surface area contributed by atoms with Crippen molar-refractivity contribution in [3.8, 4) is 11.5 Å². The first-order valence-corrected chi connectivity index (χ1v) is 14.0. The number of nitrogens with zero attached hydrogens (tertiary/aromatic N) is 1. The van der Waals surface area contributed by atoms with Gasteiger partial charge in [-0.25, -0.2) is 0 Å². The van der Waals surface area contributed by atoms with Gasteiger partial charge in [0.25, 0.3) is 16.1 Å². The number of benzene rings is 2. The molecule has 0 aromatic heterocycles. The second-order valence-electron chi connectivity index (χ2n) is 9.60. The summed E-state index contributed by atoms with van der Waals surface area (Å²) in [6.45, 7) is 5.05. The van der Waals surface area contributed by atoms with E-state index in [4.69, 9.17) is 9.47 Å². The summed E-state index contributed by atoms with van der Waals surface area (Å²) in [5.74, 6) is 0.470. The summed E-state index contributed by atoms with van der Waals surface area (Å²) in [4.78, 5) is 37.9. The number of imide groups is 1. The molecular weight excluding hydrogens is 512 g/mol. The Morgan fingerprint density at radius 2 is 1.76 bits per heavy atom. The molecule has 3 N–H and O–H groups in total. The molecule has 2 aromatic rings. The molecule has 11 nitrogen and oxygen atoms in total. The Balaban J connectivity index is 1.29. The van der Waals surface area contributed by atoms with Crippen LogP contribution in [0.1, 0.15) is 49.0 Å². The summed E-state index contributed by atoms with van der Waals surface area (Å²) < 4.78 is 41.5. The Kier molecular flexibility index (Phi) is 8.52. The molecule has 1 unspecified atom stereocenters. The summed E-state index contributed by atoms with van der Waals surface area (Å²) in [6, 6.07) is 11.1. The van der Waals surface area contributed by atoms with Crippen LogP contribution in [0.15, 0.2) is 42.5 Å². The number of hydrogen-bond acceptors (Lipinski definition) is 7. The molecule has 3 amide bonds. The fourth-order valence-electron chi connectivity index (χ4n) is 4.26. The van der Waals surface area contributed by atoms with Crippen LogP contribution in [0.25, 0.3) is 0 Å². The Morgan fingerprint density at radius 3 is 2.45 bits per heavy atom. The molecule has 2 aliphatic heterocycles. The summed E-state index contributed by atoms with van der Waals surface area (Å²) >= 11 is 0. The van der Waals surface area contributed by atoms with E-state index >= 15 is 0 Å². The lowest BCUT2D eigenvalue weighted by atomic mass is 10.0. The van der Waals surface area contributed by atoms with Crippen LogP contribution >= 0.6 is 0 Å². The summed E-state index contributed by atoms with van der Waals surface area (Å²) in [7, 11) is -3.91. The number of ether oxygens (including phenoxy) is 2. The van der Waals surface area contributed by atoms with E-state index in [-0.39, 0.29) is 50.0 Å². The first kappa shape index (κ1) is 27.4. The van der Waals surface area contributed by atoms with Gasteiger partial charge in [-0.1, -0.05) is 26.0 Å². The zero-order valence-corrected chi connectivity index (χ0v) is 22.2. The highest BCUT2D eigenvalue weighted by molar-refractivity contribution is 7.90. The van der Waals surface area contributed by atoms with Gasteiger partial charge in [0, 0.05) is 25.1 Å². The Labute approximate surface area is 222 Å². The number of hydrogen-bond donors (Lipinski definition) is 3. The van der Waals surface area contributed by atoms with Crippen LogP contribution < -0.4 is 24.2 Å². The summed E-state index contributed by atoms with van der Waals surface area (Å²) in [5.41, 5.74) is 1.27. The lowest BCUT2D eigenvalue weighted by Crippen LogP contribution is -2.52. The number of nitrogens with one attached hydrogen (secondary N) is 3. The number of rotatable bonds is 12. The van der Waals surface area contributed by atoms with E-state index in [0.717, 1.165) is 6.42 Å². The number of piperidine rings is 1. The lowest BCUT2D eigenvalue weighted by molar-refractivity contribution is -0.136. The average molecular weight is 545 g/mol. The van der Waals surface area contributed by atoms with Crippen molar-refractivity contribution in [2.45, 2.75) is 45.7 Å². The smallest absolute Gasteiger partial charge is 0.299 e. The normalized spacial score (nSPS) is 17.4. The van der Waals surface area contributed by atoms with Crippen LogP contribution in [-0.4, -0.2) is 56.8 Å². The molecule has 4 rings (SSSR count). The SMILES string of the molecule is CC(C)CCOc1ccccc1OCCNS(=O)(=O)Nc1ccc2c(c1)CN(C1CCC(=O)NC1=O)C2=O. The second kappa shape index (κ2) is 11.8. The third-order valence-corrected chi connectivity index (χ3v) is 7.32. The zero-order chi connectivity index (χ0) is 27.3. The van der Waals surface area contributed by atoms with E-state index in [1.54, 1.807) is 18.2 Å².